The summed E-state index contributed by atoms with van der Waals surface area (Å²) in [6.07, 6.45) is 3.78. The van der Waals surface area contributed by atoms with Gasteiger partial charge in [-0.25, -0.2) is 0 Å². The molecule has 19 heavy (non-hydrogen) atoms. The summed E-state index contributed by atoms with van der Waals surface area (Å²) in [5, 5.41) is 2.86. The first-order valence-electron chi connectivity index (χ1n) is 6.71. The van der Waals surface area contributed by atoms with Gasteiger partial charge >= 0.3 is 0 Å². The quantitative estimate of drug-likeness (QED) is 0.639. The van der Waals surface area contributed by atoms with E-state index >= 15 is 0 Å². The van der Waals surface area contributed by atoms with Crippen LogP contribution in [-0.4, -0.2) is 16.5 Å². The van der Waals surface area contributed by atoms with Crippen molar-refractivity contribution in [2.75, 3.05) is 5.32 Å². The van der Waals surface area contributed by atoms with Crippen molar-refractivity contribution >= 4 is 33.3 Å². The van der Waals surface area contributed by atoms with E-state index in [-0.39, 0.29) is 22.4 Å². The summed E-state index contributed by atoms with van der Waals surface area (Å²) in [5.74, 6) is 0.378. The number of carbonyl (C=O) groups is 2. The fourth-order valence-corrected chi connectivity index (χ4v) is 2.60. The van der Waals surface area contributed by atoms with Crippen molar-refractivity contribution in [3.8, 4) is 0 Å². The van der Waals surface area contributed by atoms with Gasteiger partial charge in [0.25, 0.3) is 0 Å². The van der Waals surface area contributed by atoms with Crippen LogP contribution in [0.5, 0.6) is 0 Å². The molecule has 0 heterocycles. The monoisotopic (exact) mass is 323 g/mol. The molecule has 0 bridgehead atoms. The number of hydrogen-bond donors (Lipinski definition) is 1. The Hall–Kier alpha value is -1.16. The second-order valence-electron chi connectivity index (χ2n) is 4.96. The van der Waals surface area contributed by atoms with Crippen molar-refractivity contribution in [1.82, 2.24) is 0 Å². The normalized spacial score (nSPS) is 15.9. The molecular formula is C15H18BrNO2. The highest BCUT2D eigenvalue weighted by molar-refractivity contribution is 9.10. The SMILES string of the molecule is CCCC(Br)C(=O)c1ccc(NC(=O)C2CC2)cc1. The molecule has 0 saturated heterocycles. The third-order valence-corrected chi connectivity index (χ3v) is 4.09. The van der Waals surface area contributed by atoms with Crippen LogP contribution in [0.1, 0.15) is 43.0 Å². The summed E-state index contributed by atoms with van der Waals surface area (Å²) in [6.45, 7) is 2.05. The van der Waals surface area contributed by atoms with Gasteiger partial charge in [0.1, 0.15) is 0 Å². The van der Waals surface area contributed by atoms with Gasteiger partial charge < -0.3 is 5.32 Å². The minimum absolute atomic E-state index is 0.0865. The smallest absolute Gasteiger partial charge is 0.227 e. The van der Waals surface area contributed by atoms with E-state index in [2.05, 4.69) is 28.2 Å². The lowest BCUT2D eigenvalue weighted by molar-refractivity contribution is -0.117. The number of carbonyl (C=O) groups excluding carboxylic acids is 2. The molecule has 1 amide bonds. The highest BCUT2D eigenvalue weighted by atomic mass is 79.9. The second kappa shape index (κ2) is 6.33. The van der Waals surface area contributed by atoms with Crippen molar-refractivity contribution in [3.05, 3.63) is 29.8 Å². The third-order valence-electron chi connectivity index (χ3n) is 3.21. The number of anilines is 1. The highest BCUT2D eigenvalue weighted by Gasteiger charge is 2.29. The predicted octanol–water partition coefficient (Wildman–Crippen LogP) is 3.78. The van der Waals surface area contributed by atoms with E-state index in [9.17, 15) is 9.59 Å². The van der Waals surface area contributed by atoms with Gasteiger partial charge in [0.15, 0.2) is 5.78 Å². The average molecular weight is 324 g/mol. The summed E-state index contributed by atoms with van der Waals surface area (Å²) in [7, 11) is 0. The Labute approximate surface area is 121 Å². The first-order chi connectivity index (χ1) is 9.11. The lowest BCUT2D eigenvalue weighted by atomic mass is 10.1. The van der Waals surface area contributed by atoms with Gasteiger partial charge in [-0.15, -0.1) is 0 Å². The number of amides is 1. The number of nitrogens with one attached hydrogen (secondary N) is 1. The average Bonchev–Trinajstić information content (AvgIpc) is 3.23. The molecule has 0 aromatic heterocycles. The zero-order valence-corrected chi connectivity index (χ0v) is 12.6. The molecule has 4 heteroatoms. The fraction of sp³-hybridized carbons (Fsp3) is 0.467. The molecule has 1 fully saturated rings. The molecule has 1 aromatic rings. The second-order valence-corrected chi connectivity index (χ2v) is 6.07. The first kappa shape index (κ1) is 14.3. The molecule has 3 nitrogen and oxygen atoms in total. The van der Waals surface area contributed by atoms with E-state index in [1.54, 1.807) is 24.3 Å². The molecule has 1 aliphatic rings. The van der Waals surface area contributed by atoms with Crippen molar-refractivity contribution in [3.63, 3.8) is 0 Å². The van der Waals surface area contributed by atoms with Gasteiger partial charge in [0, 0.05) is 17.2 Å². The van der Waals surface area contributed by atoms with E-state index in [1.165, 1.54) is 0 Å². The Morgan fingerprint density at radius 3 is 2.47 bits per heavy atom. The van der Waals surface area contributed by atoms with Crippen LogP contribution in [0, 0.1) is 5.92 Å². The molecule has 1 unspecified atom stereocenters. The number of rotatable bonds is 6. The highest BCUT2D eigenvalue weighted by Crippen LogP contribution is 2.30. The van der Waals surface area contributed by atoms with Crippen molar-refractivity contribution < 1.29 is 9.59 Å². The van der Waals surface area contributed by atoms with Crippen LogP contribution in [0.15, 0.2) is 24.3 Å². The zero-order chi connectivity index (χ0) is 13.8. The van der Waals surface area contributed by atoms with E-state index < -0.39 is 0 Å². The third kappa shape index (κ3) is 3.90. The molecule has 0 aliphatic heterocycles. The maximum Gasteiger partial charge on any atom is 0.227 e. The molecule has 1 atom stereocenters. The summed E-state index contributed by atoms with van der Waals surface area (Å²) in [6, 6.07) is 7.13. The molecule has 1 aliphatic carbocycles. The summed E-state index contributed by atoms with van der Waals surface area (Å²) in [5.41, 5.74) is 1.44. The number of benzene rings is 1. The summed E-state index contributed by atoms with van der Waals surface area (Å²) < 4.78 is 0. The van der Waals surface area contributed by atoms with Gasteiger partial charge in [-0.2, -0.15) is 0 Å². The molecule has 2 rings (SSSR count). The minimum Gasteiger partial charge on any atom is -0.326 e. The topological polar surface area (TPSA) is 46.2 Å². The Morgan fingerprint density at radius 2 is 1.95 bits per heavy atom. The van der Waals surface area contributed by atoms with Crippen molar-refractivity contribution in [1.29, 1.82) is 0 Å². The standard InChI is InChI=1S/C15H18BrNO2/c1-2-3-13(16)14(18)10-6-8-12(9-7-10)17-15(19)11-4-5-11/h6-9,11,13H,2-5H2,1H3,(H,17,19). The maximum absolute atomic E-state index is 12.1. The lowest BCUT2D eigenvalue weighted by Gasteiger charge is -2.09. The Balaban J connectivity index is 1.97. The van der Waals surface area contributed by atoms with Gasteiger partial charge in [-0.1, -0.05) is 29.3 Å². The Bertz CT molecular complexity index is 466. The Kier molecular flexibility index (Phi) is 4.75. The predicted molar refractivity (Wildman–Crippen MR) is 79.7 cm³/mol. The number of halogens is 1. The van der Waals surface area contributed by atoms with Crippen LogP contribution in [0.3, 0.4) is 0 Å². The largest absolute Gasteiger partial charge is 0.326 e. The zero-order valence-electron chi connectivity index (χ0n) is 11.0. The number of hydrogen-bond acceptors (Lipinski definition) is 2. The molecule has 1 aromatic carbocycles. The van der Waals surface area contributed by atoms with E-state index in [0.29, 0.717) is 5.56 Å². The van der Waals surface area contributed by atoms with Gasteiger partial charge in [-0.05, 0) is 43.5 Å². The van der Waals surface area contributed by atoms with Crippen LogP contribution in [0.4, 0.5) is 5.69 Å². The number of alkyl halides is 1. The van der Waals surface area contributed by atoms with Gasteiger partial charge in [0.05, 0.1) is 4.83 Å². The maximum atomic E-state index is 12.1. The van der Waals surface area contributed by atoms with E-state index in [0.717, 1.165) is 31.4 Å². The summed E-state index contributed by atoms with van der Waals surface area (Å²) in [4.78, 5) is 23.5. The number of Topliss-reactive ketones (excluding diaryl/α,β-unsaturated/α-hetero) is 1. The molecule has 1 N–H and O–H groups in total. The van der Waals surface area contributed by atoms with Crippen LogP contribution in [0.2, 0.25) is 0 Å². The molecule has 102 valence electrons. The van der Waals surface area contributed by atoms with Crippen LogP contribution in [-0.2, 0) is 4.79 Å². The van der Waals surface area contributed by atoms with Gasteiger partial charge in [0.2, 0.25) is 5.91 Å². The van der Waals surface area contributed by atoms with Crippen LogP contribution in [0.25, 0.3) is 0 Å². The van der Waals surface area contributed by atoms with E-state index in [4.69, 9.17) is 0 Å². The van der Waals surface area contributed by atoms with Crippen molar-refractivity contribution in [2.24, 2.45) is 5.92 Å². The molecule has 0 spiro atoms. The Morgan fingerprint density at radius 1 is 1.32 bits per heavy atom. The molecule has 1 saturated carbocycles. The van der Waals surface area contributed by atoms with Crippen molar-refractivity contribution in [2.45, 2.75) is 37.4 Å². The van der Waals surface area contributed by atoms with Gasteiger partial charge in [-0.3, -0.25) is 9.59 Å². The first-order valence-corrected chi connectivity index (χ1v) is 7.62. The van der Waals surface area contributed by atoms with Crippen LogP contribution >= 0.6 is 15.9 Å². The summed E-state index contributed by atoms with van der Waals surface area (Å²) >= 11 is 3.41. The lowest BCUT2D eigenvalue weighted by Crippen LogP contribution is -2.15. The molecule has 0 radical (unpaired) electrons. The fourth-order valence-electron chi connectivity index (χ4n) is 1.87. The minimum atomic E-state index is -0.121. The molecular weight excluding hydrogens is 306 g/mol. The van der Waals surface area contributed by atoms with Crippen LogP contribution < -0.4 is 5.32 Å². The van der Waals surface area contributed by atoms with E-state index in [1.807, 2.05) is 0 Å². The number of ketones is 1.